The zero-order valence-corrected chi connectivity index (χ0v) is 18.9. The van der Waals surface area contributed by atoms with Crippen LogP contribution in [0.5, 0.6) is 5.75 Å². The van der Waals surface area contributed by atoms with Gasteiger partial charge in [-0.3, -0.25) is 9.69 Å². The molecule has 0 radical (unpaired) electrons. The molecule has 0 aliphatic carbocycles. The van der Waals surface area contributed by atoms with E-state index in [0.717, 1.165) is 28.2 Å². The van der Waals surface area contributed by atoms with Crippen LogP contribution in [-0.2, 0) is 21.5 Å². The van der Waals surface area contributed by atoms with Crippen LogP contribution in [0.4, 0.5) is 18.9 Å². The number of rotatable bonds is 5. The average molecular weight is 471 g/mol. The molecule has 3 aromatic rings. The number of hydrogen-bond donors (Lipinski definition) is 1. The number of amides is 1. The minimum absolute atomic E-state index is 0.0164. The van der Waals surface area contributed by atoms with Crippen molar-refractivity contribution in [3.63, 3.8) is 0 Å². The van der Waals surface area contributed by atoms with Crippen molar-refractivity contribution in [1.29, 1.82) is 0 Å². The highest BCUT2D eigenvalue weighted by molar-refractivity contribution is 6.37. The van der Waals surface area contributed by atoms with Crippen molar-refractivity contribution in [2.45, 2.75) is 39.1 Å². The number of alkyl halides is 3. The Labute approximate surface area is 195 Å². The maximum absolute atomic E-state index is 12.5. The topological polar surface area (TPSA) is 66.8 Å². The summed E-state index contributed by atoms with van der Waals surface area (Å²) < 4.78 is 41.5. The second-order valence-corrected chi connectivity index (χ2v) is 8.77. The van der Waals surface area contributed by atoms with Gasteiger partial charge in [0.05, 0.1) is 6.54 Å². The molecule has 34 heavy (non-hydrogen) atoms. The fraction of sp³-hybridized carbons (Fsp3) is 0.231. The SMILES string of the molecule is CC(C)(C)c1ccc(-c2ccc(N(Cc3cccc(OC(F)(F)F)c3)C(=O)C(=O)O)cc2)cc1. The van der Waals surface area contributed by atoms with Crippen LogP contribution in [0.2, 0.25) is 0 Å². The van der Waals surface area contributed by atoms with Gasteiger partial charge >= 0.3 is 18.2 Å². The number of halogens is 3. The Morgan fingerprint density at radius 1 is 0.882 bits per heavy atom. The van der Waals surface area contributed by atoms with Gasteiger partial charge in [0.2, 0.25) is 0 Å². The summed E-state index contributed by atoms with van der Waals surface area (Å²) in [5.41, 5.74) is 3.59. The fourth-order valence-corrected chi connectivity index (χ4v) is 3.42. The van der Waals surface area contributed by atoms with Crippen molar-refractivity contribution in [2.75, 3.05) is 4.90 Å². The van der Waals surface area contributed by atoms with Gasteiger partial charge in [-0.2, -0.15) is 0 Å². The lowest BCUT2D eigenvalue weighted by atomic mass is 9.86. The van der Waals surface area contributed by atoms with Crippen molar-refractivity contribution in [2.24, 2.45) is 0 Å². The molecule has 0 heterocycles. The van der Waals surface area contributed by atoms with Gasteiger partial charge in [0.15, 0.2) is 0 Å². The van der Waals surface area contributed by atoms with Crippen LogP contribution >= 0.6 is 0 Å². The van der Waals surface area contributed by atoms with Crippen molar-refractivity contribution >= 4 is 17.6 Å². The van der Waals surface area contributed by atoms with Gasteiger partial charge in [0.25, 0.3) is 0 Å². The highest BCUT2D eigenvalue weighted by Gasteiger charge is 2.31. The summed E-state index contributed by atoms with van der Waals surface area (Å²) >= 11 is 0. The number of carboxylic acids is 1. The molecule has 0 aliphatic rings. The molecule has 1 N–H and O–H groups in total. The highest BCUT2D eigenvalue weighted by atomic mass is 19.4. The molecule has 8 heteroatoms. The lowest BCUT2D eigenvalue weighted by Crippen LogP contribution is -2.36. The zero-order chi connectivity index (χ0) is 25.1. The van der Waals surface area contributed by atoms with E-state index in [4.69, 9.17) is 0 Å². The summed E-state index contributed by atoms with van der Waals surface area (Å²) in [6.07, 6.45) is -4.86. The Kier molecular flexibility index (Phi) is 7.00. The van der Waals surface area contributed by atoms with Crippen LogP contribution < -0.4 is 9.64 Å². The third kappa shape index (κ3) is 6.37. The van der Waals surface area contributed by atoms with Gasteiger partial charge in [0.1, 0.15) is 5.75 Å². The van der Waals surface area contributed by atoms with E-state index < -0.39 is 24.0 Å². The summed E-state index contributed by atoms with van der Waals surface area (Å²) in [5, 5.41) is 9.26. The third-order valence-electron chi connectivity index (χ3n) is 5.16. The molecule has 178 valence electrons. The van der Waals surface area contributed by atoms with E-state index in [-0.39, 0.29) is 17.5 Å². The Hall–Kier alpha value is -3.81. The molecule has 0 saturated heterocycles. The van der Waals surface area contributed by atoms with Crippen molar-refractivity contribution in [3.05, 3.63) is 83.9 Å². The van der Waals surface area contributed by atoms with E-state index in [1.807, 2.05) is 24.3 Å². The van der Waals surface area contributed by atoms with Crippen molar-refractivity contribution in [1.82, 2.24) is 0 Å². The van der Waals surface area contributed by atoms with Crippen LogP contribution in [0.1, 0.15) is 31.9 Å². The van der Waals surface area contributed by atoms with Crippen molar-refractivity contribution < 1.29 is 32.6 Å². The second-order valence-electron chi connectivity index (χ2n) is 8.77. The van der Waals surface area contributed by atoms with E-state index >= 15 is 0 Å². The standard InChI is InChI=1S/C26H24F3NO4/c1-25(2,3)20-11-7-18(8-12-20)19-9-13-21(14-10-19)30(23(31)24(32)33)16-17-5-4-6-22(15-17)34-26(27,28)29/h4-15H,16H2,1-3H3,(H,32,33). The smallest absolute Gasteiger partial charge is 0.474 e. The average Bonchev–Trinajstić information content (AvgIpc) is 2.76. The fourth-order valence-electron chi connectivity index (χ4n) is 3.42. The zero-order valence-electron chi connectivity index (χ0n) is 18.9. The summed E-state index contributed by atoms with van der Waals surface area (Å²) in [5.74, 6) is -3.34. The lowest BCUT2D eigenvalue weighted by Gasteiger charge is -2.22. The van der Waals surface area contributed by atoms with Crippen LogP contribution in [0, 0.1) is 0 Å². The Morgan fingerprint density at radius 2 is 1.44 bits per heavy atom. The number of carbonyl (C=O) groups excluding carboxylic acids is 1. The van der Waals surface area contributed by atoms with Crippen molar-refractivity contribution in [3.8, 4) is 16.9 Å². The van der Waals surface area contributed by atoms with E-state index in [1.165, 1.54) is 17.7 Å². The molecule has 5 nitrogen and oxygen atoms in total. The number of hydrogen-bond acceptors (Lipinski definition) is 3. The second kappa shape index (κ2) is 9.59. The molecular formula is C26H24F3NO4. The van der Waals surface area contributed by atoms with Gasteiger partial charge in [-0.15, -0.1) is 13.2 Å². The first-order chi connectivity index (χ1) is 15.8. The molecule has 3 aromatic carbocycles. The first kappa shape index (κ1) is 24.8. The molecule has 0 bridgehead atoms. The van der Waals surface area contributed by atoms with E-state index in [0.29, 0.717) is 5.69 Å². The molecule has 0 unspecified atom stereocenters. The van der Waals surface area contributed by atoms with E-state index in [9.17, 15) is 27.9 Å². The molecule has 0 spiro atoms. The van der Waals surface area contributed by atoms with E-state index in [1.54, 1.807) is 24.3 Å². The number of ether oxygens (including phenoxy) is 1. The predicted octanol–water partition coefficient (Wildman–Crippen LogP) is 6.17. The maximum atomic E-state index is 12.5. The number of nitrogens with zero attached hydrogens (tertiary/aromatic N) is 1. The van der Waals surface area contributed by atoms with Crippen LogP contribution in [-0.4, -0.2) is 23.3 Å². The van der Waals surface area contributed by atoms with Gasteiger partial charge in [-0.05, 0) is 51.9 Å². The van der Waals surface area contributed by atoms with Gasteiger partial charge in [0, 0.05) is 5.69 Å². The lowest BCUT2D eigenvalue weighted by molar-refractivity contribution is -0.274. The predicted molar refractivity (Wildman–Crippen MR) is 123 cm³/mol. The number of carbonyl (C=O) groups is 2. The van der Waals surface area contributed by atoms with Gasteiger partial charge in [-0.1, -0.05) is 69.3 Å². The van der Waals surface area contributed by atoms with Crippen LogP contribution in [0.25, 0.3) is 11.1 Å². The number of benzene rings is 3. The molecule has 0 saturated carbocycles. The summed E-state index contributed by atoms with van der Waals surface area (Å²) in [6, 6.07) is 19.8. The summed E-state index contributed by atoms with van der Waals surface area (Å²) in [6.45, 7) is 6.11. The summed E-state index contributed by atoms with van der Waals surface area (Å²) in [4.78, 5) is 24.7. The molecular weight excluding hydrogens is 447 g/mol. The van der Waals surface area contributed by atoms with Crippen LogP contribution in [0.15, 0.2) is 72.8 Å². The molecule has 0 aromatic heterocycles. The normalized spacial score (nSPS) is 11.7. The number of anilines is 1. The number of carboxylic acid groups (broad SMARTS) is 1. The maximum Gasteiger partial charge on any atom is 0.573 e. The molecule has 0 aliphatic heterocycles. The monoisotopic (exact) mass is 471 g/mol. The largest absolute Gasteiger partial charge is 0.573 e. The molecule has 0 fully saturated rings. The van der Waals surface area contributed by atoms with Gasteiger partial charge in [-0.25, -0.2) is 4.79 Å². The first-order valence-electron chi connectivity index (χ1n) is 10.4. The molecule has 3 rings (SSSR count). The summed E-state index contributed by atoms with van der Waals surface area (Å²) in [7, 11) is 0. The third-order valence-corrected chi connectivity index (χ3v) is 5.16. The molecule has 0 atom stereocenters. The Balaban J connectivity index is 1.87. The minimum atomic E-state index is -4.86. The quantitative estimate of drug-likeness (QED) is 0.452. The molecule has 1 amide bonds. The highest BCUT2D eigenvalue weighted by Crippen LogP contribution is 2.29. The Bertz CT molecular complexity index is 1160. The number of aliphatic carboxylic acids is 1. The van der Waals surface area contributed by atoms with Crippen LogP contribution in [0.3, 0.4) is 0 Å². The first-order valence-corrected chi connectivity index (χ1v) is 10.4. The van der Waals surface area contributed by atoms with E-state index in [2.05, 4.69) is 25.5 Å². The minimum Gasteiger partial charge on any atom is -0.474 e. The Morgan fingerprint density at radius 3 is 1.94 bits per heavy atom. The van der Waals surface area contributed by atoms with Gasteiger partial charge < -0.3 is 9.84 Å².